The lowest BCUT2D eigenvalue weighted by Crippen LogP contribution is -2.32. The number of alkyl halides is 1. The van der Waals surface area contributed by atoms with Crippen molar-refractivity contribution in [3.05, 3.63) is 29.8 Å². The van der Waals surface area contributed by atoms with Crippen molar-refractivity contribution in [1.29, 1.82) is 0 Å². The molecule has 1 heterocycles. The van der Waals surface area contributed by atoms with Crippen LogP contribution in [-0.2, 0) is 11.3 Å². The van der Waals surface area contributed by atoms with Crippen LogP contribution in [0.4, 0.5) is 5.69 Å². The Morgan fingerprint density at radius 3 is 2.52 bits per heavy atom. The van der Waals surface area contributed by atoms with Gasteiger partial charge in [0.05, 0.1) is 4.83 Å². The average molecular weight is 353 g/mol. The van der Waals surface area contributed by atoms with Gasteiger partial charge in [-0.2, -0.15) is 0 Å². The van der Waals surface area contributed by atoms with Gasteiger partial charge in [-0.05, 0) is 56.0 Å². The average Bonchev–Trinajstić information content (AvgIpc) is 2.50. The molecular formula is C17H25BrN2O. The molecule has 1 saturated heterocycles. The van der Waals surface area contributed by atoms with E-state index >= 15 is 0 Å². The molecule has 0 aromatic heterocycles. The molecule has 1 aromatic carbocycles. The molecule has 2 rings (SSSR count). The van der Waals surface area contributed by atoms with E-state index in [2.05, 4.69) is 45.2 Å². The number of hydrogen-bond acceptors (Lipinski definition) is 2. The fraction of sp³-hybridized carbons (Fsp3) is 0.588. The van der Waals surface area contributed by atoms with E-state index in [1.807, 2.05) is 19.1 Å². The first-order valence-corrected chi connectivity index (χ1v) is 8.76. The summed E-state index contributed by atoms with van der Waals surface area (Å²) >= 11 is 3.37. The molecule has 1 aliphatic heterocycles. The predicted molar refractivity (Wildman–Crippen MR) is 91.8 cm³/mol. The monoisotopic (exact) mass is 352 g/mol. The number of carbonyl (C=O) groups is 1. The van der Waals surface area contributed by atoms with Crippen molar-refractivity contribution >= 4 is 27.5 Å². The zero-order chi connectivity index (χ0) is 15.2. The molecular weight excluding hydrogens is 328 g/mol. The Bertz CT molecular complexity index is 452. The molecule has 4 heteroatoms. The summed E-state index contributed by atoms with van der Waals surface area (Å²) in [5.74, 6) is 0.893. The summed E-state index contributed by atoms with van der Waals surface area (Å²) in [6.07, 6.45) is 3.40. The zero-order valence-corrected chi connectivity index (χ0v) is 14.5. The third-order valence-electron chi connectivity index (χ3n) is 4.15. The van der Waals surface area contributed by atoms with E-state index in [1.54, 1.807) is 0 Å². The third kappa shape index (κ3) is 5.11. The van der Waals surface area contributed by atoms with Gasteiger partial charge in [-0.3, -0.25) is 9.69 Å². The standard InChI is InChI=1S/C17H25BrN2O/c1-3-16(18)17(21)19-15-6-4-14(5-7-15)12-20-10-8-13(2)9-11-20/h4-7,13,16H,3,8-12H2,1-2H3,(H,19,21). The maximum absolute atomic E-state index is 11.8. The Balaban J connectivity index is 1.85. The number of nitrogens with one attached hydrogen (secondary N) is 1. The van der Waals surface area contributed by atoms with Gasteiger partial charge in [0.1, 0.15) is 0 Å². The lowest BCUT2D eigenvalue weighted by molar-refractivity contribution is -0.115. The lowest BCUT2D eigenvalue weighted by Gasteiger charge is -2.30. The summed E-state index contributed by atoms with van der Waals surface area (Å²) in [7, 11) is 0. The van der Waals surface area contributed by atoms with Gasteiger partial charge in [0, 0.05) is 12.2 Å². The molecule has 1 amide bonds. The van der Waals surface area contributed by atoms with Crippen molar-refractivity contribution in [2.75, 3.05) is 18.4 Å². The molecule has 1 fully saturated rings. The summed E-state index contributed by atoms with van der Waals surface area (Å²) in [4.78, 5) is 14.2. The van der Waals surface area contributed by atoms with Gasteiger partial charge < -0.3 is 5.32 Å². The van der Waals surface area contributed by atoms with E-state index in [4.69, 9.17) is 0 Å². The molecule has 21 heavy (non-hydrogen) atoms. The maximum Gasteiger partial charge on any atom is 0.238 e. The minimum Gasteiger partial charge on any atom is -0.325 e. The summed E-state index contributed by atoms with van der Waals surface area (Å²) in [6, 6.07) is 8.22. The molecule has 0 saturated carbocycles. The first kappa shape index (κ1) is 16.5. The molecule has 0 radical (unpaired) electrons. The number of nitrogens with zero attached hydrogens (tertiary/aromatic N) is 1. The highest BCUT2D eigenvalue weighted by atomic mass is 79.9. The van der Waals surface area contributed by atoms with Crippen LogP contribution in [0.5, 0.6) is 0 Å². The SMILES string of the molecule is CCC(Br)C(=O)Nc1ccc(CN2CCC(C)CC2)cc1. The molecule has 1 aromatic rings. The van der Waals surface area contributed by atoms with Crippen molar-refractivity contribution < 1.29 is 4.79 Å². The summed E-state index contributed by atoms with van der Waals surface area (Å²) in [6.45, 7) is 7.73. The molecule has 1 unspecified atom stereocenters. The van der Waals surface area contributed by atoms with Crippen LogP contribution >= 0.6 is 15.9 Å². The van der Waals surface area contributed by atoms with Crippen LogP contribution in [0.15, 0.2) is 24.3 Å². The smallest absolute Gasteiger partial charge is 0.238 e. The van der Waals surface area contributed by atoms with Gasteiger partial charge in [0.25, 0.3) is 0 Å². The van der Waals surface area contributed by atoms with Crippen molar-refractivity contribution in [2.24, 2.45) is 5.92 Å². The minimum atomic E-state index is -0.118. The van der Waals surface area contributed by atoms with Crippen molar-refractivity contribution in [2.45, 2.75) is 44.5 Å². The van der Waals surface area contributed by atoms with Crippen LogP contribution < -0.4 is 5.32 Å². The predicted octanol–water partition coefficient (Wildman–Crippen LogP) is 4.03. The van der Waals surface area contributed by atoms with Gasteiger partial charge in [-0.25, -0.2) is 0 Å². The molecule has 0 aliphatic carbocycles. The molecule has 1 atom stereocenters. The summed E-state index contributed by atoms with van der Waals surface area (Å²) in [5.41, 5.74) is 2.18. The second kappa shape index (κ2) is 7.95. The first-order chi connectivity index (χ1) is 10.1. The molecule has 1 N–H and O–H groups in total. The Labute approximate surface area is 136 Å². The van der Waals surface area contributed by atoms with Crippen LogP contribution in [0.25, 0.3) is 0 Å². The number of benzene rings is 1. The number of rotatable bonds is 5. The van der Waals surface area contributed by atoms with E-state index in [0.717, 1.165) is 24.6 Å². The van der Waals surface area contributed by atoms with Crippen LogP contribution in [-0.4, -0.2) is 28.7 Å². The largest absolute Gasteiger partial charge is 0.325 e. The van der Waals surface area contributed by atoms with Gasteiger partial charge in [-0.1, -0.05) is 41.9 Å². The highest BCUT2D eigenvalue weighted by Gasteiger charge is 2.16. The summed E-state index contributed by atoms with van der Waals surface area (Å²) < 4.78 is 0. The Kier molecular flexibility index (Phi) is 6.24. The quantitative estimate of drug-likeness (QED) is 0.811. The van der Waals surface area contributed by atoms with E-state index in [9.17, 15) is 4.79 Å². The van der Waals surface area contributed by atoms with E-state index in [0.29, 0.717) is 0 Å². The maximum atomic E-state index is 11.8. The number of likely N-dealkylation sites (tertiary alicyclic amines) is 1. The molecule has 0 bridgehead atoms. The first-order valence-electron chi connectivity index (χ1n) is 7.84. The molecule has 3 nitrogen and oxygen atoms in total. The third-order valence-corrected chi connectivity index (χ3v) is 5.21. The van der Waals surface area contributed by atoms with E-state index in [1.165, 1.54) is 31.5 Å². The number of hydrogen-bond donors (Lipinski definition) is 1. The van der Waals surface area contributed by atoms with E-state index in [-0.39, 0.29) is 10.7 Å². The van der Waals surface area contributed by atoms with Gasteiger partial charge in [0.2, 0.25) is 5.91 Å². The second-order valence-electron chi connectivity index (χ2n) is 6.02. The van der Waals surface area contributed by atoms with Gasteiger partial charge in [0.15, 0.2) is 0 Å². The fourth-order valence-electron chi connectivity index (χ4n) is 2.58. The number of amides is 1. The topological polar surface area (TPSA) is 32.3 Å². The van der Waals surface area contributed by atoms with Crippen LogP contribution in [0, 0.1) is 5.92 Å². The van der Waals surface area contributed by atoms with Gasteiger partial charge in [-0.15, -0.1) is 0 Å². The van der Waals surface area contributed by atoms with Crippen LogP contribution in [0.2, 0.25) is 0 Å². The van der Waals surface area contributed by atoms with Crippen molar-refractivity contribution in [3.8, 4) is 0 Å². The number of piperidine rings is 1. The van der Waals surface area contributed by atoms with Crippen molar-refractivity contribution in [1.82, 2.24) is 4.90 Å². The Morgan fingerprint density at radius 2 is 1.95 bits per heavy atom. The zero-order valence-electron chi connectivity index (χ0n) is 12.9. The van der Waals surface area contributed by atoms with Crippen molar-refractivity contribution in [3.63, 3.8) is 0 Å². The molecule has 0 spiro atoms. The Morgan fingerprint density at radius 1 is 1.33 bits per heavy atom. The number of anilines is 1. The lowest BCUT2D eigenvalue weighted by atomic mass is 9.99. The normalized spacial score (nSPS) is 18.4. The van der Waals surface area contributed by atoms with E-state index < -0.39 is 0 Å². The highest BCUT2D eigenvalue weighted by molar-refractivity contribution is 9.10. The highest BCUT2D eigenvalue weighted by Crippen LogP contribution is 2.19. The number of carbonyl (C=O) groups excluding carboxylic acids is 1. The molecule has 116 valence electrons. The minimum absolute atomic E-state index is 0.0234. The second-order valence-corrected chi connectivity index (χ2v) is 7.13. The Hall–Kier alpha value is -0.870. The summed E-state index contributed by atoms with van der Waals surface area (Å²) in [5, 5.41) is 2.93. The number of halogens is 1. The van der Waals surface area contributed by atoms with Gasteiger partial charge >= 0.3 is 0 Å². The van der Waals surface area contributed by atoms with Crippen LogP contribution in [0.1, 0.15) is 38.7 Å². The fourth-order valence-corrected chi connectivity index (χ4v) is 2.69. The van der Waals surface area contributed by atoms with Crippen LogP contribution in [0.3, 0.4) is 0 Å². The molecule has 1 aliphatic rings.